The Bertz CT molecular complexity index is 1170. The van der Waals surface area contributed by atoms with Crippen molar-refractivity contribution >= 4 is 33.3 Å². The first-order valence-electron chi connectivity index (χ1n) is 10.5. The van der Waals surface area contributed by atoms with Gasteiger partial charge in [0.2, 0.25) is 10.0 Å². The van der Waals surface area contributed by atoms with Gasteiger partial charge in [-0.1, -0.05) is 0 Å². The lowest BCUT2D eigenvalue weighted by Crippen LogP contribution is -2.36. The van der Waals surface area contributed by atoms with Crippen molar-refractivity contribution in [3.63, 3.8) is 0 Å². The molecule has 1 aliphatic carbocycles. The summed E-state index contributed by atoms with van der Waals surface area (Å²) < 4.78 is 45.1. The second kappa shape index (κ2) is 10.2. The highest BCUT2D eigenvalue weighted by Gasteiger charge is 2.24. The maximum absolute atomic E-state index is 13.1. The average Bonchev–Trinajstić information content (AvgIpc) is 3.18. The van der Waals surface area contributed by atoms with Crippen LogP contribution < -0.4 is 10.1 Å². The summed E-state index contributed by atoms with van der Waals surface area (Å²) in [4.78, 5) is 3.46. The largest absolute Gasteiger partial charge is 0.496 e. The SMILES string of the molecule is COc1ccc2[nH]cc3c2c1CC(NCCCCN(C)S(=O)(=O)c1ccc(F)cc1)C3.Cl. The van der Waals surface area contributed by atoms with Gasteiger partial charge >= 0.3 is 0 Å². The zero-order chi connectivity index (χ0) is 22.0. The Balaban J connectivity index is 0.00000289. The highest BCUT2D eigenvalue weighted by Crippen LogP contribution is 2.35. The number of H-pyrrole nitrogens is 1. The molecule has 3 aromatic rings. The lowest BCUT2D eigenvalue weighted by Gasteiger charge is -2.25. The zero-order valence-electron chi connectivity index (χ0n) is 18.2. The number of unbranched alkanes of at least 4 members (excludes halogenated alkanes) is 1. The first kappa shape index (κ1) is 24.5. The molecule has 0 amide bonds. The number of aromatic amines is 1. The summed E-state index contributed by atoms with van der Waals surface area (Å²) in [6.07, 6.45) is 5.55. The number of ether oxygens (including phenoxy) is 1. The van der Waals surface area contributed by atoms with Crippen LogP contribution in [-0.2, 0) is 22.9 Å². The molecule has 174 valence electrons. The van der Waals surface area contributed by atoms with E-state index in [1.54, 1.807) is 14.2 Å². The van der Waals surface area contributed by atoms with Crippen molar-refractivity contribution in [2.45, 2.75) is 36.6 Å². The van der Waals surface area contributed by atoms with E-state index in [-0.39, 0.29) is 17.3 Å². The summed E-state index contributed by atoms with van der Waals surface area (Å²) >= 11 is 0. The lowest BCUT2D eigenvalue weighted by molar-refractivity contribution is 0.402. The molecule has 2 aromatic carbocycles. The smallest absolute Gasteiger partial charge is 0.242 e. The molecule has 1 heterocycles. The van der Waals surface area contributed by atoms with Crippen molar-refractivity contribution in [1.82, 2.24) is 14.6 Å². The number of benzene rings is 2. The molecule has 0 saturated heterocycles. The van der Waals surface area contributed by atoms with Gasteiger partial charge in [-0.2, -0.15) is 0 Å². The number of nitrogens with zero attached hydrogens (tertiary/aromatic N) is 1. The molecule has 2 N–H and O–H groups in total. The van der Waals surface area contributed by atoms with Crippen LogP contribution in [0.15, 0.2) is 47.5 Å². The zero-order valence-corrected chi connectivity index (χ0v) is 19.9. The van der Waals surface area contributed by atoms with Gasteiger partial charge in [-0.3, -0.25) is 0 Å². The second-order valence-corrected chi connectivity index (χ2v) is 10.1. The third-order valence-electron chi connectivity index (χ3n) is 5.98. The van der Waals surface area contributed by atoms with E-state index in [0.717, 1.165) is 43.5 Å². The number of sulfonamides is 1. The Hall–Kier alpha value is -2.13. The molecule has 0 radical (unpaired) electrons. The van der Waals surface area contributed by atoms with Crippen LogP contribution in [0.5, 0.6) is 5.75 Å². The third kappa shape index (κ3) is 4.93. The monoisotopic (exact) mass is 481 g/mol. The quantitative estimate of drug-likeness (QED) is 0.455. The summed E-state index contributed by atoms with van der Waals surface area (Å²) in [5, 5.41) is 4.90. The van der Waals surface area contributed by atoms with Crippen molar-refractivity contribution in [1.29, 1.82) is 0 Å². The number of hydrogen-bond donors (Lipinski definition) is 2. The number of aromatic nitrogens is 1. The summed E-state index contributed by atoms with van der Waals surface area (Å²) in [6, 6.07) is 9.33. The van der Waals surface area contributed by atoms with E-state index < -0.39 is 15.8 Å². The first-order chi connectivity index (χ1) is 14.9. The number of nitrogens with one attached hydrogen (secondary N) is 2. The Morgan fingerprint density at radius 2 is 1.91 bits per heavy atom. The van der Waals surface area contributed by atoms with E-state index in [9.17, 15) is 12.8 Å². The van der Waals surface area contributed by atoms with Gasteiger partial charge in [0.15, 0.2) is 0 Å². The van der Waals surface area contributed by atoms with Crippen LogP contribution in [-0.4, -0.2) is 51.0 Å². The van der Waals surface area contributed by atoms with Crippen LogP contribution >= 0.6 is 12.4 Å². The number of rotatable bonds is 9. The van der Waals surface area contributed by atoms with E-state index in [1.165, 1.54) is 45.1 Å². The van der Waals surface area contributed by atoms with Crippen molar-refractivity contribution < 1.29 is 17.5 Å². The fourth-order valence-electron chi connectivity index (χ4n) is 4.31. The molecule has 0 saturated carbocycles. The molecular weight excluding hydrogens is 453 g/mol. The van der Waals surface area contributed by atoms with Crippen LogP contribution in [0.1, 0.15) is 24.0 Å². The Labute approximate surface area is 194 Å². The molecule has 1 atom stereocenters. The van der Waals surface area contributed by atoms with Gasteiger partial charge in [0, 0.05) is 42.3 Å². The minimum atomic E-state index is -3.59. The number of methoxy groups -OCH3 is 1. The predicted octanol–water partition coefficient (Wildman–Crippen LogP) is 3.90. The molecule has 0 fully saturated rings. The normalized spacial score (nSPS) is 15.7. The van der Waals surface area contributed by atoms with Gasteiger partial charge in [-0.05, 0) is 74.2 Å². The molecular formula is C23H29ClFN3O3S. The molecule has 1 aromatic heterocycles. The molecule has 0 bridgehead atoms. The van der Waals surface area contributed by atoms with Crippen LogP contribution in [0, 0.1) is 5.82 Å². The van der Waals surface area contributed by atoms with E-state index in [0.29, 0.717) is 12.6 Å². The molecule has 6 nitrogen and oxygen atoms in total. The van der Waals surface area contributed by atoms with E-state index >= 15 is 0 Å². The second-order valence-electron chi connectivity index (χ2n) is 8.03. The van der Waals surface area contributed by atoms with Gasteiger partial charge < -0.3 is 15.0 Å². The fourth-order valence-corrected chi connectivity index (χ4v) is 5.52. The van der Waals surface area contributed by atoms with E-state index in [2.05, 4.69) is 22.6 Å². The van der Waals surface area contributed by atoms with Crippen molar-refractivity contribution in [3.05, 3.63) is 59.5 Å². The van der Waals surface area contributed by atoms with Crippen molar-refractivity contribution in [3.8, 4) is 5.75 Å². The van der Waals surface area contributed by atoms with Crippen LogP contribution in [0.3, 0.4) is 0 Å². The minimum Gasteiger partial charge on any atom is -0.496 e. The molecule has 0 spiro atoms. The van der Waals surface area contributed by atoms with Gasteiger partial charge in [-0.15, -0.1) is 12.4 Å². The minimum absolute atomic E-state index is 0. The lowest BCUT2D eigenvalue weighted by atomic mass is 9.88. The summed E-state index contributed by atoms with van der Waals surface area (Å²) in [5.74, 6) is 0.475. The van der Waals surface area contributed by atoms with E-state index in [1.807, 2.05) is 6.07 Å². The number of halogens is 2. The molecule has 1 aliphatic rings. The fraction of sp³-hybridized carbons (Fsp3) is 0.391. The Morgan fingerprint density at radius 1 is 1.16 bits per heavy atom. The predicted molar refractivity (Wildman–Crippen MR) is 127 cm³/mol. The highest BCUT2D eigenvalue weighted by atomic mass is 35.5. The van der Waals surface area contributed by atoms with Gasteiger partial charge in [0.05, 0.1) is 12.0 Å². The first-order valence-corrected chi connectivity index (χ1v) is 12.0. The molecule has 4 rings (SSSR count). The molecule has 9 heteroatoms. The Morgan fingerprint density at radius 3 is 2.62 bits per heavy atom. The standard InChI is InChI=1S/C23H28FN3O3S.ClH/c1-27(31(28,29)19-7-5-17(24)6-8-19)12-4-3-11-25-18-13-16-15-26-21-9-10-22(30-2)20(14-18)23(16)21;/h5-10,15,18,25-26H,3-4,11-14H2,1-2H3;1H. The summed E-state index contributed by atoms with van der Waals surface area (Å²) in [7, 11) is -0.323. The van der Waals surface area contributed by atoms with Crippen molar-refractivity contribution in [2.75, 3.05) is 27.2 Å². The van der Waals surface area contributed by atoms with E-state index in [4.69, 9.17) is 4.74 Å². The molecule has 32 heavy (non-hydrogen) atoms. The number of hydrogen-bond acceptors (Lipinski definition) is 4. The van der Waals surface area contributed by atoms with Crippen LogP contribution in [0.2, 0.25) is 0 Å². The van der Waals surface area contributed by atoms with Crippen molar-refractivity contribution in [2.24, 2.45) is 0 Å². The summed E-state index contributed by atoms with van der Waals surface area (Å²) in [5.41, 5.74) is 3.69. The van der Waals surface area contributed by atoms with Gasteiger partial charge in [0.25, 0.3) is 0 Å². The molecule has 0 aliphatic heterocycles. The van der Waals surface area contributed by atoms with Gasteiger partial charge in [0.1, 0.15) is 11.6 Å². The maximum atomic E-state index is 13.1. The maximum Gasteiger partial charge on any atom is 0.242 e. The summed E-state index contributed by atoms with van der Waals surface area (Å²) in [6.45, 7) is 1.23. The average molecular weight is 482 g/mol. The van der Waals surface area contributed by atoms with Crippen LogP contribution in [0.4, 0.5) is 4.39 Å². The molecule has 1 unspecified atom stereocenters. The highest BCUT2D eigenvalue weighted by molar-refractivity contribution is 7.89. The van der Waals surface area contributed by atoms with Crippen LogP contribution in [0.25, 0.3) is 10.9 Å². The van der Waals surface area contributed by atoms with Gasteiger partial charge in [-0.25, -0.2) is 17.1 Å². The topological polar surface area (TPSA) is 74.4 Å². The Kier molecular flexibility index (Phi) is 7.82. The third-order valence-corrected chi connectivity index (χ3v) is 7.86.